The Hall–Kier alpha value is -2.49. The molecule has 0 radical (unpaired) electrons. The van der Waals surface area contributed by atoms with Gasteiger partial charge in [0.15, 0.2) is 4.67 Å². The Kier molecular flexibility index (Phi) is 6.96. The van der Waals surface area contributed by atoms with Crippen molar-refractivity contribution >= 4 is 67.3 Å². The Morgan fingerprint density at radius 2 is 1.89 bits per heavy atom. The number of nitrogens with zero attached hydrogens (tertiary/aromatic N) is 1. The molecule has 0 spiro atoms. The van der Waals surface area contributed by atoms with Gasteiger partial charge in [-0.1, -0.05) is 24.3 Å². The second-order valence-corrected chi connectivity index (χ2v) is 7.92. The summed E-state index contributed by atoms with van der Waals surface area (Å²) >= 11 is 7.97. The van der Waals surface area contributed by atoms with Crippen molar-refractivity contribution in [1.82, 2.24) is 10.7 Å². The quantitative estimate of drug-likeness (QED) is 0.277. The highest BCUT2D eigenvalue weighted by Gasteiger charge is 2.14. The Morgan fingerprint density at radius 1 is 1.11 bits per heavy atom. The van der Waals surface area contributed by atoms with E-state index in [1.165, 1.54) is 17.6 Å². The molecule has 0 saturated heterocycles. The molecule has 2 N–H and O–H groups in total. The predicted molar refractivity (Wildman–Crippen MR) is 116 cm³/mol. The molecule has 0 bridgehead atoms. The summed E-state index contributed by atoms with van der Waals surface area (Å²) in [5.41, 5.74) is 2.92. The van der Waals surface area contributed by atoms with Crippen LogP contribution in [-0.2, 0) is 4.79 Å². The summed E-state index contributed by atoms with van der Waals surface area (Å²) in [6.45, 7) is 0. The van der Waals surface area contributed by atoms with Gasteiger partial charge in [0.1, 0.15) is 11.5 Å². The van der Waals surface area contributed by atoms with Gasteiger partial charge in [-0.3, -0.25) is 9.59 Å². The van der Waals surface area contributed by atoms with Crippen LogP contribution in [0.4, 0.5) is 0 Å². The van der Waals surface area contributed by atoms with Gasteiger partial charge < -0.3 is 9.73 Å². The normalized spacial score (nSPS) is 11.6. The second kappa shape index (κ2) is 9.63. The first-order valence-corrected chi connectivity index (χ1v) is 10.4. The molecule has 0 saturated carbocycles. The number of nitrogens with one attached hydrogen (secondary N) is 2. The van der Waals surface area contributed by atoms with E-state index in [9.17, 15) is 9.59 Å². The molecule has 2 heterocycles. The molecule has 0 aliphatic carbocycles. The monoisotopic (exact) mass is 521 g/mol. The fourth-order valence-electron chi connectivity index (χ4n) is 2.10. The first-order valence-electron chi connectivity index (χ1n) is 7.93. The van der Waals surface area contributed by atoms with Gasteiger partial charge in [-0.25, -0.2) is 5.43 Å². The van der Waals surface area contributed by atoms with E-state index in [4.69, 9.17) is 4.42 Å². The Balaban J connectivity index is 1.74. The van der Waals surface area contributed by atoms with Crippen molar-refractivity contribution < 1.29 is 14.0 Å². The van der Waals surface area contributed by atoms with Gasteiger partial charge in [-0.15, -0.1) is 11.3 Å². The highest BCUT2D eigenvalue weighted by molar-refractivity contribution is 9.13. The van der Waals surface area contributed by atoms with Crippen LogP contribution in [0.5, 0.6) is 0 Å². The number of hydrogen-bond acceptors (Lipinski definition) is 5. The molecule has 6 nitrogen and oxygen atoms in total. The van der Waals surface area contributed by atoms with E-state index in [0.29, 0.717) is 16.0 Å². The van der Waals surface area contributed by atoms with Crippen LogP contribution in [0.1, 0.15) is 21.0 Å². The van der Waals surface area contributed by atoms with Gasteiger partial charge in [-0.2, -0.15) is 5.10 Å². The van der Waals surface area contributed by atoms with Crippen LogP contribution in [0, 0.1) is 0 Å². The van der Waals surface area contributed by atoms with Crippen molar-refractivity contribution in [2.45, 2.75) is 0 Å². The number of rotatable bonds is 6. The minimum atomic E-state index is -0.557. The van der Waals surface area contributed by atoms with Crippen molar-refractivity contribution in [3.05, 3.63) is 85.0 Å². The molecule has 0 aliphatic rings. The van der Waals surface area contributed by atoms with Crippen molar-refractivity contribution in [3.63, 3.8) is 0 Å². The first kappa shape index (κ1) is 20.2. The standard InChI is InChI=1S/C19H13Br2N3O3S/c20-15-9-13(27-17(15)21)11-22-24-19(26)16(10-14-7-4-8-28-14)23-18(25)12-5-2-1-3-6-12/h1-11H,(H,23,25)(H,24,26)/b16-10-,22-11+. The lowest BCUT2D eigenvalue weighted by Gasteiger charge is -2.08. The zero-order valence-electron chi connectivity index (χ0n) is 14.2. The summed E-state index contributed by atoms with van der Waals surface area (Å²) < 4.78 is 6.60. The lowest BCUT2D eigenvalue weighted by Crippen LogP contribution is -2.32. The van der Waals surface area contributed by atoms with Gasteiger partial charge in [0.05, 0.1) is 10.7 Å². The molecule has 0 atom stereocenters. The van der Waals surface area contributed by atoms with Gasteiger partial charge in [0.25, 0.3) is 11.8 Å². The van der Waals surface area contributed by atoms with Crippen LogP contribution < -0.4 is 10.7 Å². The highest BCUT2D eigenvalue weighted by atomic mass is 79.9. The molecular weight excluding hydrogens is 510 g/mol. The van der Waals surface area contributed by atoms with Gasteiger partial charge in [0, 0.05) is 16.5 Å². The van der Waals surface area contributed by atoms with Crippen LogP contribution in [0.3, 0.4) is 0 Å². The molecule has 28 heavy (non-hydrogen) atoms. The van der Waals surface area contributed by atoms with E-state index in [1.807, 2.05) is 23.6 Å². The number of hydrazone groups is 1. The number of carbonyl (C=O) groups excluding carboxylic acids is 2. The maximum Gasteiger partial charge on any atom is 0.287 e. The summed E-state index contributed by atoms with van der Waals surface area (Å²) in [7, 11) is 0. The molecule has 1 aromatic carbocycles. The molecule has 2 aromatic heterocycles. The third-order valence-electron chi connectivity index (χ3n) is 3.38. The molecular formula is C19H13Br2N3O3S. The van der Waals surface area contributed by atoms with E-state index < -0.39 is 5.91 Å². The molecule has 3 aromatic rings. The van der Waals surface area contributed by atoms with Gasteiger partial charge in [0.2, 0.25) is 0 Å². The lowest BCUT2D eigenvalue weighted by atomic mass is 10.2. The molecule has 0 unspecified atom stereocenters. The Labute approximate surface area is 181 Å². The number of hydrogen-bond donors (Lipinski definition) is 2. The second-order valence-electron chi connectivity index (χ2n) is 5.36. The SMILES string of the molecule is O=C(N/N=C/c1cc(Br)c(Br)o1)/C(=C/c1cccs1)NC(=O)c1ccccc1. The van der Waals surface area contributed by atoms with Crippen LogP contribution in [0.2, 0.25) is 0 Å². The molecule has 3 rings (SSSR count). The number of carbonyl (C=O) groups is 2. The summed E-state index contributed by atoms with van der Waals surface area (Å²) in [6, 6.07) is 14.0. The summed E-state index contributed by atoms with van der Waals surface area (Å²) in [5, 5.41) is 8.40. The van der Waals surface area contributed by atoms with Gasteiger partial charge in [-0.05, 0) is 61.5 Å². The Morgan fingerprint density at radius 3 is 2.54 bits per heavy atom. The van der Waals surface area contributed by atoms with E-state index in [0.717, 1.165) is 9.35 Å². The minimum absolute atomic E-state index is 0.0789. The summed E-state index contributed by atoms with van der Waals surface area (Å²) in [4.78, 5) is 25.8. The summed E-state index contributed by atoms with van der Waals surface area (Å²) in [5.74, 6) is -0.504. The first-order chi connectivity index (χ1) is 13.5. The largest absolute Gasteiger partial charge is 0.447 e. The van der Waals surface area contributed by atoms with Crippen LogP contribution >= 0.6 is 43.2 Å². The van der Waals surface area contributed by atoms with Crippen molar-refractivity contribution in [3.8, 4) is 0 Å². The van der Waals surface area contributed by atoms with Crippen LogP contribution in [0.25, 0.3) is 6.08 Å². The third-order valence-corrected chi connectivity index (χ3v) is 5.91. The zero-order chi connectivity index (χ0) is 19.9. The van der Waals surface area contributed by atoms with E-state index in [1.54, 1.807) is 36.4 Å². The number of furan rings is 1. The predicted octanol–water partition coefficient (Wildman–Crippen LogP) is 4.79. The number of amides is 2. The zero-order valence-corrected chi connectivity index (χ0v) is 18.2. The van der Waals surface area contributed by atoms with Crippen molar-refractivity contribution in [2.24, 2.45) is 5.10 Å². The fourth-order valence-corrected chi connectivity index (χ4v) is 3.36. The van der Waals surface area contributed by atoms with Crippen molar-refractivity contribution in [1.29, 1.82) is 0 Å². The number of thiophene rings is 1. The average molecular weight is 523 g/mol. The maximum atomic E-state index is 12.5. The maximum absolute atomic E-state index is 12.5. The van der Waals surface area contributed by atoms with Crippen molar-refractivity contribution in [2.75, 3.05) is 0 Å². The van der Waals surface area contributed by atoms with E-state index >= 15 is 0 Å². The minimum Gasteiger partial charge on any atom is -0.447 e. The van der Waals surface area contributed by atoms with Crippen LogP contribution in [0.15, 0.2) is 78.3 Å². The van der Waals surface area contributed by atoms with Gasteiger partial charge >= 0.3 is 0 Å². The summed E-state index contributed by atoms with van der Waals surface area (Å²) in [6.07, 6.45) is 2.95. The average Bonchev–Trinajstić information content (AvgIpc) is 3.31. The third kappa shape index (κ3) is 5.51. The Bertz CT molecular complexity index is 1010. The molecule has 2 amide bonds. The molecule has 9 heteroatoms. The number of benzene rings is 1. The number of halogens is 2. The highest BCUT2D eigenvalue weighted by Crippen LogP contribution is 2.25. The van der Waals surface area contributed by atoms with E-state index in [-0.39, 0.29) is 11.6 Å². The molecule has 0 fully saturated rings. The topological polar surface area (TPSA) is 83.7 Å². The smallest absolute Gasteiger partial charge is 0.287 e. The molecule has 0 aliphatic heterocycles. The van der Waals surface area contributed by atoms with E-state index in [2.05, 4.69) is 47.7 Å². The molecule has 142 valence electrons. The van der Waals surface area contributed by atoms with Crippen LogP contribution in [-0.4, -0.2) is 18.0 Å². The lowest BCUT2D eigenvalue weighted by molar-refractivity contribution is -0.117. The fraction of sp³-hybridized carbons (Fsp3) is 0.